The second kappa shape index (κ2) is 7.08. The quantitative estimate of drug-likeness (QED) is 0.501. The molecule has 0 aliphatic rings. The van der Waals surface area contributed by atoms with Crippen LogP contribution in [0.4, 0.5) is 0 Å². The first-order chi connectivity index (χ1) is 7.06. The largest absolute Gasteiger partial charge is 0.342 e. The van der Waals surface area contributed by atoms with Gasteiger partial charge in [-0.3, -0.25) is 4.79 Å². The third kappa shape index (κ3) is 4.66. The van der Waals surface area contributed by atoms with E-state index in [9.17, 15) is 4.79 Å². The molecule has 1 atom stereocenters. The molecule has 0 fully saturated rings. The van der Waals surface area contributed by atoms with Gasteiger partial charge in [0.05, 0.1) is 5.92 Å². The van der Waals surface area contributed by atoms with Crippen molar-refractivity contribution in [1.29, 1.82) is 0 Å². The Balaban J connectivity index is 4.84. The van der Waals surface area contributed by atoms with E-state index in [1.165, 1.54) is 0 Å². The number of allylic oxidation sites excluding steroid dienone is 1. The van der Waals surface area contributed by atoms with Crippen molar-refractivity contribution in [3.8, 4) is 0 Å². The van der Waals surface area contributed by atoms with Gasteiger partial charge in [-0.2, -0.15) is 0 Å². The molecule has 0 saturated carbocycles. The zero-order chi connectivity index (χ0) is 11.8. The summed E-state index contributed by atoms with van der Waals surface area (Å²) in [7, 11) is 0. The Bertz CT molecular complexity index is 277. The smallest absolute Gasteiger partial charge is 0.233 e. The summed E-state index contributed by atoms with van der Waals surface area (Å²) in [6, 6.07) is 0. The van der Waals surface area contributed by atoms with Crippen molar-refractivity contribution < 1.29 is 4.79 Å². The van der Waals surface area contributed by atoms with Crippen molar-refractivity contribution in [2.75, 3.05) is 13.1 Å². The number of hydrogen-bond acceptors (Lipinski definition) is 1. The lowest BCUT2D eigenvalue weighted by atomic mass is 10.0. The summed E-state index contributed by atoms with van der Waals surface area (Å²) in [4.78, 5) is 13.8. The van der Waals surface area contributed by atoms with Gasteiger partial charge in [-0.05, 0) is 33.8 Å². The summed E-state index contributed by atoms with van der Waals surface area (Å²) >= 11 is 0. The van der Waals surface area contributed by atoms with Gasteiger partial charge in [0.1, 0.15) is 0 Å². The second-order valence-corrected chi connectivity index (χ2v) is 3.65. The average molecular weight is 207 g/mol. The first-order valence-electron chi connectivity index (χ1n) is 5.36. The minimum atomic E-state index is -0.215. The van der Waals surface area contributed by atoms with E-state index in [0.29, 0.717) is 0 Å². The second-order valence-electron chi connectivity index (χ2n) is 3.65. The number of rotatable bonds is 5. The first-order valence-corrected chi connectivity index (χ1v) is 5.36. The summed E-state index contributed by atoms with van der Waals surface area (Å²) in [6.07, 6.45) is 3.66. The zero-order valence-corrected chi connectivity index (χ0v) is 10.2. The molecule has 2 nitrogen and oxygen atoms in total. The van der Waals surface area contributed by atoms with E-state index in [1.54, 1.807) is 6.08 Å². The van der Waals surface area contributed by atoms with Gasteiger partial charge in [0.15, 0.2) is 0 Å². The number of amides is 1. The minimum Gasteiger partial charge on any atom is -0.342 e. The molecule has 15 heavy (non-hydrogen) atoms. The Morgan fingerprint density at radius 1 is 1.40 bits per heavy atom. The van der Waals surface area contributed by atoms with E-state index in [2.05, 4.69) is 12.3 Å². The van der Waals surface area contributed by atoms with Gasteiger partial charge in [0.25, 0.3) is 0 Å². The molecule has 2 heteroatoms. The van der Waals surface area contributed by atoms with Crippen molar-refractivity contribution in [2.45, 2.75) is 27.7 Å². The van der Waals surface area contributed by atoms with E-state index in [1.807, 2.05) is 38.7 Å². The SMILES string of the molecule is C=C=CC(C=C(C)C)C(=O)N(CC)CC. The lowest BCUT2D eigenvalue weighted by molar-refractivity contribution is -0.132. The molecule has 0 bridgehead atoms. The van der Waals surface area contributed by atoms with Crippen LogP contribution in [0.15, 0.2) is 30.0 Å². The predicted octanol–water partition coefficient (Wildman–Crippen LogP) is 2.78. The van der Waals surface area contributed by atoms with Gasteiger partial charge < -0.3 is 4.90 Å². The molecule has 0 aromatic carbocycles. The molecular weight excluding hydrogens is 186 g/mol. The zero-order valence-electron chi connectivity index (χ0n) is 10.2. The van der Waals surface area contributed by atoms with Crippen molar-refractivity contribution in [3.05, 3.63) is 30.0 Å². The summed E-state index contributed by atoms with van der Waals surface area (Å²) in [5.74, 6) is -0.0928. The maximum Gasteiger partial charge on any atom is 0.233 e. The van der Waals surface area contributed by atoms with Crippen LogP contribution in [0, 0.1) is 5.92 Å². The van der Waals surface area contributed by atoms with Crippen LogP contribution in [0.25, 0.3) is 0 Å². The highest BCUT2D eigenvalue weighted by Crippen LogP contribution is 2.09. The summed E-state index contributed by atoms with van der Waals surface area (Å²) in [5.41, 5.74) is 3.82. The van der Waals surface area contributed by atoms with Crippen LogP contribution in [0.1, 0.15) is 27.7 Å². The van der Waals surface area contributed by atoms with Crippen molar-refractivity contribution in [3.63, 3.8) is 0 Å². The van der Waals surface area contributed by atoms with Crippen molar-refractivity contribution in [1.82, 2.24) is 4.90 Å². The van der Waals surface area contributed by atoms with E-state index in [-0.39, 0.29) is 11.8 Å². The van der Waals surface area contributed by atoms with E-state index >= 15 is 0 Å². The molecule has 0 saturated heterocycles. The summed E-state index contributed by atoms with van der Waals surface area (Å²) in [6.45, 7) is 12.9. The molecule has 1 amide bonds. The lowest BCUT2D eigenvalue weighted by Gasteiger charge is -2.21. The minimum absolute atomic E-state index is 0.123. The molecule has 0 aliphatic carbocycles. The van der Waals surface area contributed by atoms with Crippen LogP contribution < -0.4 is 0 Å². The number of hydrogen-bond donors (Lipinski definition) is 0. The third-order valence-corrected chi connectivity index (χ3v) is 2.17. The van der Waals surface area contributed by atoms with Crippen LogP contribution >= 0.6 is 0 Å². The fourth-order valence-corrected chi connectivity index (χ4v) is 1.42. The monoisotopic (exact) mass is 207 g/mol. The van der Waals surface area contributed by atoms with Gasteiger partial charge in [-0.15, -0.1) is 5.73 Å². The van der Waals surface area contributed by atoms with Crippen LogP contribution in [-0.2, 0) is 4.79 Å². The highest BCUT2D eigenvalue weighted by molar-refractivity contribution is 5.82. The Morgan fingerprint density at radius 2 is 1.93 bits per heavy atom. The Morgan fingerprint density at radius 3 is 2.27 bits per heavy atom. The molecule has 0 aromatic heterocycles. The van der Waals surface area contributed by atoms with Gasteiger partial charge in [-0.25, -0.2) is 0 Å². The van der Waals surface area contributed by atoms with Gasteiger partial charge in [0, 0.05) is 13.1 Å². The van der Waals surface area contributed by atoms with Crippen LogP contribution in [0.5, 0.6) is 0 Å². The normalized spacial score (nSPS) is 11.2. The fourth-order valence-electron chi connectivity index (χ4n) is 1.42. The maximum absolute atomic E-state index is 12.0. The number of nitrogens with zero attached hydrogens (tertiary/aromatic N) is 1. The summed E-state index contributed by atoms with van der Waals surface area (Å²) in [5, 5.41) is 0. The Kier molecular flexibility index (Phi) is 6.48. The molecule has 0 radical (unpaired) electrons. The Labute approximate surface area is 93.0 Å². The molecule has 0 rings (SSSR count). The van der Waals surface area contributed by atoms with Gasteiger partial charge in [0.2, 0.25) is 5.91 Å². The van der Waals surface area contributed by atoms with E-state index < -0.39 is 0 Å². The fraction of sp³-hybridized carbons (Fsp3) is 0.538. The van der Waals surface area contributed by atoms with Crippen LogP contribution in [-0.4, -0.2) is 23.9 Å². The van der Waals surface area contributed by atoms with Gasteiger partial charge in [-0.1, -0.05) is 18.2 Å². The number of carbonyl (C=O) groups is 1. The van der Waals surface area contributed by atoms with Crippen molar-refractivity contribution >= 4 is 5.91 Å². The molecular formula is C13H21NO. The Hall–Kier alpha value is -1.27. The molecule has 0 N–H and O–H groups in total. The maximum atomic E-state index is 12.0. The standard InChI is InChI=1S/C13H21NO/c1-6-9-12(10-11(4)5)13(15)14(7-2)8-3/h9-10,12H,1,7-8H2,2-5H3. The van der Waals surface area contributed by atoms with E-state index in [0.717, 1.165) is 18.7 Å². The highest BCUT2D eigenvalue weighted by Gasteiger charge is 2.17. The molecule has 0 spiro atoms. The van der Waals surface area contributed by atoms with Crippen LogP contribution in [0.3, 0.4) is 0 Å². The molecule has 0 aliphatic heterocycles. The third-order valence-electron chi connectivity index (χ3n) is 2.17. The van der Waals surface area contributed by atoms with E-state index in [4.69, 9.17) is 0 Å². The highest BCUT2D eigenvalue weighted by atomic mass is 16.2. The molecule has 1 unspecified atom stereocenters. The van der Waals surface area contributed by atoms with Crippen molar-refractivity contribution in [2.24, 2.45) is 5.92 Å². The predicted molar refractivity (Wildman–Crippen MR) is 64.6 cm³/mol. The topological polar surface area (TPSA) is 20.3 Å². The molecule has 84 valence electrons. The van der Waals surface area contributed by atoms with Gasteiger partial charge >= 0.3 is 0 Å². The van der Waals surface area contributed by atoms with Crippen LogP contribution in [0.2, 0.25) is 0 Å². The lowest BCUT2D eigenvalue weighted by Crippen LogP contribution is -2.34. The molecule has 0 aromatic rings. The first kappa shape index (κ1) is 13.7. The number of carbonyl (C=O) groups excluding carboxylic acids is 1. The molecule has 0 heterocycles. The summed E-state index contributed by atoms with van der Waals surface area (Å²) < 4.78 is 0. The average Bonchev–Trinajstić information content (AvgIpc) is 2.18.